The zero-order valence-corrected chi connectivity index (χ0v) is 22.3. The summed E-state index contributed by atoms with van der Waals surface area (Å²) in [5.74, 6) is -0.753. The maximum Gasteiger partial charge on any atom is 0.335 e. The van der Waals surface area contributed by atoms with Crippen molar-refractivity contribution in [1.82, 2.24) is 15.8 Å². The van der Waals surface area contributed by atoms with Gasteiger partial charge in [-0.05, 0) is 69.0 Å². The molecule has 37 heavy (non-hydrogen) atoms. The van der Waals surface area contributed by atoms with Gasteiger partial charge in [-0.25, -0.2) is 10.3 Å². The van der Waals surface area contributed by atoms with E-state index in [4.69, 9.17) is 14.7 Å². The van der Waals surface area contributed by atoms with Crippen molar-refractivity contribution in [3.05, 3.63) is 63.8 Å². The molecule has 2 unspecified atom stereocenters. The maximum absolute atomic E-state index is 12.6. The van der Waals surface area contributed by atoms with E-state index in [1.54, 1.807) is 11.6 Å². The summed E-state index contributed by atoms with van der Waals surface area (Å²) in [5, 5.41) is 14.2. The Balaban J connectivity index is 1.58. The van der Waals surface area contributed by atoms with Crippen molar-refractivity contribution in [2.24, 2.45) is 5.92 Å². The number of hydrogen-bond donors (Lipinski definition) is 4. The van der Waals surface area contributed by atoms with Gasteiger partial charge in [-0.15, -0.1) is 0 Å². The van der Waals surface area contributed by atoms with Crippen LogP contribution in [-0.2, 0) is 32.0 Å². The molecule has 8 nitrogen and oxygen atoms in total. The van der Waals surface area contributed by atoms with E-state index in [-0.39, 0.29) is 18.0 Å². The highest BCUT2D eigenvalue weighted by Gasteiger charge is 2.29. The monoisotopic (exact) mass is 509 g/mol. The van der Waals surface area contributed by atoms with E-state index in [1.165, 1.54) is 11.6 Å². The fraction of sp³-hybridized carbons (Fsp3) is 0.448. The number of H-pyrrole nitrogens is 1. The van der Waals surface area contributed by atoms with Crippen molar-refractivity contribution in [2.75, 3.05) is 6.54 Å². The van der Waals surface area contributed by atoms with Gasteiger partial charge in [0.05, 0.1) is 6.10 Å². The average Bonchev–Trinajstić information content (AvgIpc) is 3.24. The Hall–Kier alpha value is -3.20. The summed E-state index contributed by atoms with van der Waals surface area (Å²) in [4.78, 5) is 27.1. The number of hydroxylamine groups is 1. The summed E-state index contributed by atoms with van der Waals surface area (Å²) < 4.78 is 11.8. The first kappa shape index (κ1) is 28.4. The Bertz CT molecular complexity index is 1210. The number of rotatable bonds is 11. The zero-order valence-electron chi connectivity index (χ0n) is 22.3. The molecule has 0 fully saturated rings. The van der Waals surface area contributed by atoms with Gasteiger partial charge in [-0.1, -0.05) is 44.2 Å². The molecule has 0 spiro atoms. The first-order valence-electron chi connectivity index (χ1n) is 12.8. The van der Waals surface area contributed by atoms with Crippen LogP contribution in [0.4, 0.5) is 0 Å². The van der Waals surface area contributed by atoms with Crippen LogP contribution in [0.1, 0.15) is 57.7 Å². The topological polar surface area (TPSA) is 113 Å². The molecule has 1 aliphatic carbocycles. The Morgan fingerprint density at radius 1 is 1.19 bits per heavy atom. The number of fused-ring (bicyclic) bond motifs is 1. The van der Waals surface area contributed by atoms with E-state index in [1.807, 2.05) is 58.2 Å². The second-order valence-corrected chi connectivity index (χ2v) is 10.3. The lowest BCUT2D eigenvalue weighted by Crippen LogP contribution is -2.41. The van der Waals surface area contributed by atoms with Crippen molar-refractivity contribution in [3.8, 4) is 0 Å². The molecule has 1 aliphatic rings. The number of ether oxygens (including phenoxy) is 2. The molecule has 0 bridgehead atoms. The number of aromatic amines is 1. The Kier molecular flexibility index (Phi) is 9.86. The molecule has 3 rings (SSSR count). The van der Waals surface area contributed by atoms with Crippen LogP contribution >= 0.6 is 0 Å². The third-order valence-electron chi connectivity index (χ3n) is 6.10. The first-order chi connectivity index (χ1) is 17.6. The molecule has 1 amide bonds. The first-order valence-corrected chi connectivity index (χ1v) is 12.8. The van der Waals surface area contributed by atoms with E-state index in [2.05, 4.69) is 29.4 Å². The standard InChI is InChI=1S/C29H39N3O5/c1-6-25(28(34)37-29(3,4)5)36-26-16-23-22(18-31-24(23)15-19(26)2)13-14-30-17-21-9-7-20(8-10-21)11-12-27(33)32-35/h7-12,15-16,18-19,25-26,30-31,35H,6,13-14,17H2,1-5H3,(H,32,33)/b12-11+/t19?,25-,26?/m0/s1. The number of benzene rings is 1. The molecule has 2 aromatic rings. The van der Waals surface area contributed by atoms with Crippen LogP contribution in [0.25, 0.3) is 18.2 Å². The minimum atomic E-state index is -0.601. The molecule has 1 heterocycles. The summed E-state index contributed by atoms with van der Waals surface area (Å²) in [6.07, 6.45) is 9.84. The maximum atomic E-state index is 12.6. The van der Waals surface area contributed by atoms with E-state index in [0.29, 0.717) is 6.42 Å². The summed E-state index contributed by atoms with van der Waals surface area (Å²) >= 11 is 0. The molecule has 200 valence electrons. The third kappa shape index (κ3) is 8.42. The van der Waals surface area contributed by atoms with Crippen molar-refractivity contribution in [1.29, 1.82) is 0 Å². The average molecular weight is 510 g/mol. The molecular formula is C29H39N3O5. The molecule has 3 atom stereocenters. The van der Waals surface area contributed by atoms with E-state index >= 15 is 0 Å². The summed E-state index contributed by atoms with van der Waals surface area (Å²) in [6.45, 7) is 11.1. The lowest BCUT2D eigenvalue weighted by molar-refractivity contribution is -0.171. The van der Waals surface area contributed by atoms with Gasteiger partial charge in [-0.3, -0.25) is 10.0 Å². The van der Waals surface area contributed by atoms with Crippen molar-refractivity contribution >= 4 is 30.1 Å². The molecule has 8 heteroatoms. The predicted octanol–water partition coefficient (Wildman–Crippen LogP) is 2.58. The number of hydrogen-bond acceptors (Lipinski definition) is 6. The van der Waals surface area contributed by atoms with Crippen LogP contribution in [0.15, 0.2) is 36.5 Å². The van der Waals surface area contributed by atoms with Crippen LogP contribution < -0.4 is 21.4 Å². The largest absolute Gasteiger partial charge is 0.458 e. The SMILES string of the molecule is CC[C@H](OC1C=c2c(CCNCc3ccc(/C=C/C(=O)NO)cc3)c[nH]c2=CC1C)C(=O)OC(C)(C)C. The highest BCUT2D eigenvalue weighted by atomic mass is 16.6. The molecule has 1 aromatic carbocycles. The third-order valence-corrected chi connectivity index (χ3v) is 6.10. The van der Waals surface area contributed by atoms with Crippen LogP contribution in [0.2, 0.25) is 0 Å². The minimum Gasteiger partial charge on any atom is -0.458 e. The molecule has 0 aliphatic heterocycles. The smallest absolute Gasteiger partial charge is 0.335 e. The summed E-state index contributed by atoms with van der Waals surface area (Å²) in [5.41, 5.74) is 4.23. The lowest BCUT2D eigenvalue weighted by Gasteiger charge is -2.28. The molecule has 4 N–H and O–H groups in total. The van der Waals surface area contributed by atoms with Gasteiger partial charge in [-0.2, -0.15) is 0 Å². The zero-order chi connectivity index (χ0) is 27.0. The number of esters is 1. The van der Waals surface area contributed by atoms with Crippen LogP contribution in [-0.4, -0.2) is 46.4 Å². The number of carbonyl (C=O) groups excluding carboxylic acids is 2. The Labute approximate surface area is 218 Å². The highest BCUT2D eigenvalue weighted by molar-refractivity contribution is 5.90. The van der Waals surface area contributed by atoms with Gasteiger partial charge in [0.25, 0.3) is 5.91 Å². The van der Waals surface area contributed by atoms with Crippen molar-refractivity contribution in [2.45, 2.75) is 71.8 Å². The normalized spacial score (nSPS) is 18.0. The molecule has 0 saturated heterocycles. The second kappa shape index (κ2) is 12.9. The van der Waals surface area contributed by atoms with Crippen LogP contribution in [0.5, 0.6) is 0 Å². The van der Waals surface area contributed by atoms with Crippen LogP contribution in [0, 0.1) is 5.92 Å². The molecule has 0 radical (unpaired) electrons. The lowest BCUT2D eigenvalue weighted by atomic mass is 9.97. The summed E-state index contributed by atoms with van der Waals surface area (Å²) in [6, 6.07) is 7.85. The fourth-order valence-corrected chi connectivity index (χ4v) is 4.16. The van der Waals surface area contributed by atoms with Gasteiger partial charge >= 0.3 is 5.97 Å². The summed E-state index contributed by atoms with van der Waals surface area (Å²) in [7, 11) is 0. The van der Waals surface area contributed by atoms with Crippen molar-refractivity contribution in [3.63, 3.8) is 0 Å². The van der Waals surface area contributed by atoms with Gasteiger partial charge in [0.2, 0.25) is 0 Å². The van der Waals surface area contributed by atoms with Crippen molar-refractivity contribution < 1.29 is 24.3 Å². The number of carbonyl (C=O) groups is 2. The van der Waals surface area contributed by atoms with E-state index in [9.17, 15) is 9.59 Å². The minimum absolute atomic E-state index is 0.129. The molecule has 1 aromatic heterocycles. The van der Waals surface area contributed by atoms with E-state index in [0.717, 1.165) is 41.2 Å². The van der Waals surface area contributed by atoms with Gasteiger partial charge in [0, 0.05) is 35.3 Å². The number of aromatic nitrogens is 1. The Morgan fingerprint density at radius 3 is 2.57 bits per heavy atom. The van der Waals surface area contributed by atoms with Gasteiger partial charge < -0.3 is 19.8 Å². The molecule has 0 saturated carbocycles. The van der Waals surface area contributed by atoms with Gasteiger partial charge in [0.15, 0.2) is 6.10 Å². The predicted molar refractivity (Wildman–Crippen MR) is 144 cm³/mol. The number of amides is 1. The van der Waals surface area contributed by atoms with Crippen LogP contribution in [0.3, 0.4) is 0 Å². The number of nitrogens with one attached hydrogen (secondary N) is 3. The van der Waals surface area contributed by atoms with E-state index < -0.39 is 17.6 Å². The fourth-order valence-electron chi connectivity index (χ4n) is 4.16. The second-order valence-electron chi connectivity index (χ2n) is 10.3. The quantitative estimate of drug-likeness (QED) is 0.122. The van der Waals surface area contributed by atoms with Gasteiger partial charge in [0.1, 0.15) is 5.60 Å². The Morgan fingerprint density at radius 2 is 1.92 bits per heavy atom. The highest BCUT2D eigenvalue weighted by Crippen LogP contribution is 2.19. The molecular weight excluding hydrogens is 470 g/mol.